The molecule has 5 aromatic rings. The summed E-state index contributed by atoms with van der Waals surface area (Å²) in [6.07, 6.45) is 5.59. The average molecular weight is 379 g/mol. The summed E-state index contributed by atoms with van der Waals surface area (Å²) < 4.78 is 1.77. The molecule has 0 saturated carbocycles. The van der Waals surface area contributed by atoms with Crippen molar-refractivity contribution in [1.29, 1.82) is 0 Å². The van der Waals surface area contributed by atoms with Gasteiger partial charge in [0.25, 0.3) is 0 Å². The highest BCUT2D eigenvalue weighted by Crippen LogP contribution is 2.33. The molecule has 5 rings (SSSR count). The number of aryl methyl sites for hydroxylation is 1. The Labute approximate surface area is 166 Å². The topological polar surface area (TPSA) is 67.5 Å². The van der Waals surface area contributed by atoms with Crippen LogP contribution in [0, 0.1) is 6.92 Å². The van der Waals surface area contributed by atoms with Crippen molar-refractivity contribution in [2.75, 3.05) is 0 Å². The number of hydrogen-bond donors (Lipinski definition) is 1. The van der Waals surface area contributed by atoms with E-state index in [1.807, 2.05) is 42.7 Å². The first-order valence-electron chi connectivity index (χ1n) is 9.27. The van der Waals surface area contributed by atoms with Crippen LogP contribution < -0.4 is 0 Å². The molecule has 5 heteroatoms. The molecule has 2 heterocycles. The molecule has 29 heavy (non-hydrogen) atoms. The Kier molecular flexibility index (Phi) is 3.88. The van der Waals surface area contributed by atoms with E-state index >= 15 is 0 Å². The number of fused-ring (bicyclic) bond motifs is 2. The average Bonchev–Trinajstić information content (AvgIpc) is 3.16. The van der Waals surface area contributed by atoms with Crippen molar-refractivity contribution in [3.8, 4) is 22.3 Å². The molecule has 0 radical (unpaired) electrons. The summed E-state index contributed by atoms with van der Waals surface area (Å²) in [5.41, 5.74) is 6.08. The van der Waals surface area contributed by atoms with E-state index in [-0.39, 0.29) is 5.56 Å². The number of carboxylic acid groups (broad SMARTS) is 1. The first-order chi connectivity index (χ1) is 14.1. The van der Waals surface area contributed by atoms with Gasteiger partial charge in [-0.2, -0.15) is 5.10 Å². The Morgan fingerprint density at radius 3 is 2.38 bits per heavy atom. The van der Waals surface area contributed by atoms with Crippen LogP contribution in [0.2, 0.25) is 0 Å². The normalized spacial score (nSPS) is 11.2. The zero-order chi connectivity index (χ0) is 20.0. The predicted molar refractivity (Wildman–Crippen MR) is 113 cm³/mol. The third-order valence-corrected chi connectivity index (χ3v) is 5.19. The van der Waals surface area contributed by atoms with Crippen LogP contribution in [-0.2, 0) is 0 Å². The molecule has 1 N–H and O–H groups in total. The SMILES string of the molecule is Cc1ccc(-c2cnc3c(-c4ccc(C(=O)O)c5ccccc45)cnn3c2)cc1. The molecule has 0 spiro atoms. The fourth-order valence-corrected chi connectivity index (χ4v) is 3.68. The van der Waals surface area contributed by atoms with Crippen LogP contribution in [0.15, 0.2) is 79.3 Å². The smallest absolute Gasteiger partial charge is 0.336 e. The van der Waals surface area contributed by atoms with Gasteiger partial charge in [0.2, 0.25) is 0 Å². The molecule has 0 bridgehead atoms. The Balaban J connectivity index is 1.68. The van der Waals surface area contributed by atoms with Crippen molar-refractivity contribution in [1.82, 2.24) is 14.6 Å². The minimum absolute atomic E-state index is 0.287. The van der Waals surface area contributed by atoms with Gasteiger partial charge >= 0.3 is 5.97 Å². The Morgan fingerprint density at radius 1 is 0.862 bits per heavy atom. The minimum atomic E-state index is -0.937. The summed E-state index contributed by atoms with van der Waals surface area (Å²) in [6, 6.07) is 19.3. The molecule has 0 fully saturated rings. The van der Waals surface area contributed by atoms with E-state index in [0.717, 1.165) is 33.3 Å². The number of aromatic nitrogens is 3. The highest BCUT2D eigenvalue weighted by molar-refractivity contribution is 6.09. The zero-order valence-electron chi connectivity index (χ0n) is 15.7. The second-order valence-electron chi connectivity index (χ2n) is 7.05. The molecule has 0 amide bonds. The van der Waals surface area contributed by atoms with Gasteiger partial charge in [0.05, 0.1) is 11.8 Å². The van der Waals surface area contributed by atoms with Crippen molar-refractivity contribution in [2.45, 2.75) is 6.92 Å². The molecule has 0 aliphatic rings. The number of hydrogen-bond acceptors (Lipinski definition) is 3. The van der Waals surface area contributed by atoms with E-state index in [1.54, 1.807) is 16.8 Å². The van der Waals surface area contributed by atoms with Gasteiger partial charge in [0.1, 0.15) is 0 Å². The fraction of sp³-hybridized carbons (Fsp3) is 0.0417. The van der Waals surface area contributed by atoms with Gasteiger partial charge in [0.15, 0.2) is 5.65 Å². The maximum absolute atomic E-state index is 11.6. The predicted octanol–water partition coefficient (Wildman–Crippen LogP) is 5.22. The van der Waals surface area contributed by atoms with Crippen LogP contribution in [0.3, 0.4) is 0 Å². The number of nitrogens with zero attached hydrogens (tertiary/aromatic N) is 3. The number of benzene rings is 3. The fourth-order valence-electron chi connectivity index (χ4n) is 3.68. The van der Waals surface area contributed by atoms with Crippen molar-refractivity contribution in [2.24, 2.45) is 0 Å². The Bertz CT molecular complexity index is 1380. The summed E-state index contributed by atoms with van der Waals surface area (Å²) >= 11 is 0. The summed E-state index contributed by atoms with van der Waals surface area (Å²) in [7, 11) is 0. The first-order valence-corrected chi connectivity index (χ1v) is 9.27. The summed E-state index contributed by atoms with van der Waals surface area (Å²) in [5.74, 6) is -0.937. The summed E-state index contributed by atoms with van der Waals surface area (Å²) in [4.78, 5) is 16.3. The van der Waals surface area contributed by atoms with Crippen LogP contribution in [0.25, 0.3) is 38.7 Å². The Hall–Kier alpha value is -3.99. The lowest BCUT2D eigenvalue weighted by molar-refractivity contribution is 0.0699. The standard InChI is InChI=1S/C24H17N3O2/c1-15-6-8-16(9-7-15)17-12-25-23-22(13-26-27(23)14-17)20-10-11-21(24(28)29)19-5-3-2-4-18(19)20/h2-14H,1H3,(H,28,29). The van der Waals surface area contributed by atoms with E-state index in [1.165, 1.54) is 5.56 Å². The highest BCUT2D eigenvalue weighted by Gasteiger charge is 2.15. The van der Waals surface area contributed by atoms with E-state index in [0.29, 0.717) is 5.39 Å². The second-order valence-corrected chi connectivity index (χ2v) is 7.05. The van der Waals surface area contributed by atoms with E-state index in [9.17, 15) is 9.90 Å². The quantitative estimate of drug-likeness (QED) is 0.466. The monoisotopic (exact) mass is 379 g/mol. The lowest BCUT2D eigenvalue weighted by Gasteiger charge is -2.08. The molecular weight excluding hydrogens is 362 g/mol. The van der Waals surface area contributed by atoms with Gasteiger partial charge in [0, 0.05) is 23.5 Å². The van der Waals surface area contributed by atoms with Crippen LogP contribution in [0.5, 0.6) is 0 Å². The third-order valence-electron chi connectivity index (χ3n) is 5.19. The lowest BCUT2D eigenvalue weighted by Crippen LogP contribution is -1.98. The summed E-state index contributed by atoms with van der Waals surface area (Å²) in [6.45, 7) is 2.06. The van der Waals surface area contributed by atoms with Crippen LogP contribution >= 0.6 is 0 Å². The van der Waals surface area contributed by atoms with Gasteiger partial charge in [-0.1, -0.05) is 60.2 Å². The molecule has 0 saturated heterocycles. The molecule has 140 valence electrons. The third kappa shape index (κ3) is 2.84. The highest BCUT2D eigenvalue weighted by atomic mass is 16.4. The van der Waals surface area contributed by atoms with E-state index < -0.39 is 5.97 Å². The van der Waals surface area contributed by atoms with Gasteiger partial charge < -0.3 is 5.11 Å². The van der Waals surface area contributed by atoms with Crippen molar-refractivity contribution >= 4 is 22.4 Å². The van der Waals surface area contributed by atoms with Crippen LogP contribution in [-0.4, -0.2) is 25.7 Å². The van der Waals surface area contributed by atoms with Crippen molar-refractivity contribution in [3.63, 3.8) is 0 Å². The molecule has 0 aliphatic heterocycles. The largest absolute Gasteiger partial charge is 0.478 e. The van der Waals surface area contributed by atoms with Gasteiger partial charge in [-0.05, 0) is 34.9 Å². The first kappa shape index (κ1) is 17.1. The maximum atomic E-state index is 11.6. The molecule has 0 atom stereocenters. The van der Waals surface area contributed by atoms with E-state index in [2.05, 4.69) is 41.3 Å². The molecule has 5 nitrogen and oxygen atoms in total. The van der Waals surface area contributed by atoms with Crippen LogP contribution in [0.4, 0.5) is 0 Å². The lowest BCUT2D eigenvalue weighted by atomic mass is 9.96. The minimum Gasteiger partial charge on any atom is -0.478 e. The number of aromatic carboxylic acids is 1. The van der Waals surface area contributed by atoms with Gasteiger partial charge in [-0.3, -0.25) is 0 Å². The maximum Gasteiger partial charge on any atom is 0.336 e. The molecule has 0 unspecified atom stereocenters. The van der Waals surface area contributed by atoms with Gasteiger partial charge in [-0.25, -0.2) is 14.3 Å². The molecule has 2 aromatic heterocycles. The van der Waals surface area contributed by atoms with Crippen LogP contribution in [0.1, 0.15) is 15.9 Å². The van der Waals surface area contributed by atoms with Crippen molar-refractivity contribution in [3.05, 3.63) is 90.4 Å². The molecular formula is C24H17N3O2. The van der Waals surface area contributed by atoms with Crippen molar-refractivity contribution < 1.29 is 9.90 Å². The molecule has 0 aliphatic carbocycles. The zero-order valence-corrected chi connectivity index (χ0v) is 15.7. The Morgan fingerprint density at radius 2 is 1.62 bits per heavy atom. The molecule has 3 aromatic carbocycles. The van der Waals surface area contributed by atoms with Gasteiger partial charge in [-0.15, -0.1) is 0 Å². The number of rotatable bonds is 3. The number of carboxylic acids is 1. The number of carbonyl (C=O) groups is 1. The summed E-state index contributed by atoms with van der Waals surface area (Å²) in [5, 5.41) is 15.6. The second kappa shape index (κ2) is 6.56. The van der Waals surface area contributed by atoms with E-state index in [4.69, 9.17) is 0 Å².